The van der Waals surface area contributed by atoms with Crippen LogP contribution in [-0.2, 0) is 4.79 Å². The van der Waals surface area contributed by atoms with Crippen molar-refractivity contribution in [3.05, 3.63) is 41.5 Å². The third-order valence-corrected chi connectivity index (χ3v) is 4.17. The lowest BCUT2D eigenvalue weighted by atomic mass is 10.0. The van der Waals surface area contributed by atoms with Crippen LogP contribution in [0.15, 0.2) is 30.3 Å². The number of hydrogen-bond donors (Lipinski definition) is 1. The second kappa shape index (κ2) is 7.25. The van der Waals surface area contributed by atoms with Crippen molar-refractivity contribution in [1.29, 1.82) is 0 Å². The first-order chi connectivity index (χ1) is 10.5. The molecule has 1 aromatic rings. The van der Waals surface area contributed by atoms with Crippen molar-refractivity contribution in [3.8, 4) is 0 Å². The van der Waals surface area contributed by atoms with Crippen molar-refractivity contribution in [3.63, 3.8) is 0 Å². The summed E-state index contributed by atoms with van der Waals surface area (Å²) in [6.45, 7) is 5.18. The minimum Gasteiger partial charge on any atom is -0.355 e. The first kappa shape index (κ1) is 16.3. The van der Waals surface area contributed by atoms with Gasteiger partial charge in [0.25, 0.3) is 5.91 Å². The van der Waals surface area contributed by atoms with E-state index in [2.05, 4.69) is 19.2 Å². The largest absolute Gasteiger partial charge is 0.355 e. The van der Waals surface area contributed by atoms with Crippen LogP contribution >= 0.6 is 0 Å². The summed E-state index contributed by atoms with van der Waals surface area (Å²) in [5.41, 5.74) is 1.53. The molecule has 4 heteroatoms. The van der Waals surface area contributed by atoms with Crippen LogP contribution < -0.4 is 5.32 Å². The fourth-order valence-electron chi connectivity index (χ4n) is 2.91. The topological polar surface area (TPSA) is 49.4 Å². The molecule has 1 heterocycles. The molecule has 1 saturated heterocycles. The number of nitrogens with one attached hydrogen (secondary N) is 1. The molecule has 1 N–H and O–H groups in total. The average molecular weight is 300 g/mol. The SMILES string of the molecule is CNC(=O)c1ccc(C=CC(=O)N2CCCC2C(C)C)cc1. The monoisotopic (exact) mass is 300 g/mol. The molecular weight excluding hydrogens is 276 g/mol. The molecule has 0 saturated carbocycles. The van der Waals surface area contributed by atoms with Crippen LogP contribution in [0.1, 0.15) is 42.6 Å². The second-order valence-corrected chi connectivity index (χ2v) is 6.02. The number of rotatable bonds is 4. The molecule has 0 aromatic heterocycles. The van der Waals surface area contributed by atoms with Crippen molar-refractivity contribution in [1.82, 2.24) is 10.2 Å². The van der Waals surface area contributed by atoms with Crippen molar-refractivity contribution in [2.45, 2.75) is 32.7 Å². The first-order valence-corrected chi connectivity index (χ1v) is 7.83. The third-order valence-electron chi connectivity index (χ3n) is 4.17. The minimum absolute atomic E-state index is 0.0755. The number of carbonyl (C=O) groups excluding carboxylic acids is 2. The summed E-state index contributed by atoms with van der Waals surface area (Å²) in [6, 6.07) is 7.56. The van der Waals surface area contributed by atoms with Crippen LogP contribution in [0, 0.1) is 5.92 Å². The summed E-state index contributed by atoms with van der Waals surface area (Å²) in [6.07, 6.45) is 5.63. The maximum Gasteiger partial charge on any atom is 0.251 e. The number of nitrogens with zero attached hydrogens (tertiary/aromatic N) is 1. The maximum absolute atomic E-state index is 12.3. The molecule has 1 aliphatic heterocycles. The zero-order valence-corrected chi connectivity index (χ0v) is 13.5. The standard InChI is InChI=1S/C18H24N2O2/c1-13(2)16-5-4-12-20(16)17(21)11-8-14-6-9-15(10-7-14)18(22)19-3/h6-11,13,16H,4-5,12H2,1-3H3,(H,19,22). The molecule has 2 amide bonds. The van der Waals surface area contributed by atoms with Crippen LogP contribution in [0.3, 0.4) is 0 Å². The number of hydrogen-bond acceptors (Lipinski definition) is 2. The van der Waals surface area contributed by atoms with Gasteiger partial charge in [0.15, 0.2) is 0 Å². The molecular formula is C18H24N2O2. The minimum atomic E-state index is -0.108. The summed E-state index contributed by atoms with van der Waals surface area (Å²) in [7, 11) is 1.61. The Balaban J connectivity index is 2.02. The Morgan fingerprint density at radius 1 is 1.27 bits per heavy atom. The van der Waals surface area contributed by atoms with Crippen molar-refractivity contribution < 1.29 is 9.59 Å². The van der Waals surface area contributed by atoms with E-state index >= 15 is 0 Å². The van der Waals surface area contributed by atoms with E-state index < -0.39 is 0 Å². The highest BCUT2D eigenvalue weighted by Gasteiger charge is 2.29. The predicted molar refractivity (Wildman–Crippen MR) is 88.4 cm³/mol. The number of amides is 2. The van der Waals surface area contributed by atoms with Crippen LogP contribution in [0.2, 0.25) is 0 Å². The predicted octanol–water partition coefficient (Wildman–Crippen LogP) is 2.71. The van der Waals surface area contributed by atoms with Gasteiger partial charge in [-0.3, -0.25) is 9.59 Å². The van der Waals surface area contributed by atoms with Gasteiger partial charge in [0.05, 0.1) is 0 Å². The highest BCUT2D eigenvalue weighted by atomic mass is 16.2. The second-order valence-electron chi connectivity index (χ2n) is 6.02. The Labute approximate surface area is 132 Å². The lowest BCUT2D eigenvalue weighted by Crippen LogP contribution is -2.37. The summed E-state index contributed by atoms with van der Waals surface area (Å²) >= 11 is 0. The Bertz CT molecular complexity index is 561. The van der Waals surface area contributed by atoms with Crippen LogP contribution in [-0.4, -0.2) is 36.3 Å². The third kappa shape index (κ3) is 3.75. The quantitative estimate of drug-likeness (QED) is 0.869. The zero-order valence-electron chi connectivity index (χ0n) is 13.5. The molecule has 1 aliphatic rings. The molecule has 1 fully saturated rings. The highest BCUT2D eigenvalue weighted by Crippen LogP contribution is 2.24. The summed E-state index contributed by atoms with van der Waals surface area (Å²) < 4.78 is 0. The number of carbonyl (C=O) groups is 2. The fourth-order valence-corrected chi connectivity index (χ4v) is 2.91. The summed E-state index contributed by atoms with van der Waals surface area (Å²) in [5, 5.41) is 2.59. The van der Waals surface area contributed by atoms with E-state index in [1.54, 1.807) is 25.3 Å². The summed E-state index contributed by atoms with van der Waals surface area (Å²) in [4.78, 5) is 25.8. The lowest BCUT2D eigenvalue weighted by molar-refractivity contribution is -0.127. The van der Waals surface area contributed by atoms with Crippen LogP contribution in [0.25, 0.3) is 6.08 Å². The fraction of sp³-hybridized carbons (Fsp3) is 0.444. The molecule has 2 rings (SSSR count). The number of benzene rings is 1. The Morgan fingerprint density at radius 2 is 1.95 bits per heavy atom. The molecule has 4 nitrogen and oxygen atoms in total. The van der Waals surface area contributed by atoms with E-state index in [4.69, 9.17) is 0 Å². The zero-order chi connectivity index (χ0) is 16.1. The van der Waals surface area contributed by atoms with E-state index in [1.165, 1.54) is 0 Å². The van der Waals surface area contributed by atoms with Gasteiger partial charge in [-0.2, -0.15) is 0 Å². The van der Waals surface area contributed by atoms with Gasteiger partial charge in [-0.25, -0.2) is 0 Å². The van der Waals surface area contributed by atoms with Gasteiger partial charge in [0, 0.05) is 31.3 Å². The van der Waals surface area contributed by atoms with Gasteiger partial charge >= 0.3 is 0 Å². The van der Waals surface area contributed by atoms with E-state index in [0.717, 1.165) is 24.9 Å². The van der Waals surface area contributed by atoms with Gasteiger partial charge in [-0.15, -0.1) is 0 Å². The van der Waals surface area contributed by atoms with Gasteiger partial charge in [-0.1, -0.05) is 26.0 Å². The molecule has 1 atom stereocenters. The first-order valence-electron chi connectivity index (χ1n) is 7.83. The van der Waals surface area contributed by atoms with Crippen LogP contribution in [0.5, 0.6) is 0 Å². The van der Waals surface area contributed by atoms with Gasteiger partial charge < -0.3 is 10.2 Å². The van der Waals surface area contributed by atoms with Crippen molar-refractivity contribution >= 4 is 17.9 Å². The van der Waals surface area contributed by atoms with Gasteiger partial charge in [0.2, 0.25) is 5.91 Å². The van der Waals surface area contributed by atoms with Crippen molar-refractivity contribution in [2.24, 2.45) is 5.92 Å². The van der Waals surface area contributed by atoms with Crippen LogP contribution in [0.4, 0.5) is 0 Å². The molecule has 0 bridgehead atoms. The smallest absolute Gasteiger partial charge is 0.251 e. The molecule has 118 valence electrons. The molecule has 22 heavy (non-hydrogen) atoms. The Hall–Kier alpha value is -2.10. The van der Waals surface area contributed by atoms with E-state index in [9.17, 15) is 9.59 Å². The van der Waals surface area contributed by atoms with E-state index in [1.807, 2.05) is 23.1 Å². The average Bonchev–Trinajstić information content (AvgIpc) is 3.02. The molecule has 0 radical (unpaired) electrons. The maximum atomic E-state index is 12.3. The molecule has 1 unspecified atom stereocenters. The van der Waals surface area contributed by atoms with E-state index in [0.29, 0.717) is 17.5 Å². The molecule has 1 aromatic carbocycles. The summed E-state index contributed by atoms with van der Waals surface area (Å²) in [5.74, 6) is 0.460. The van der Waals surface area contributed by atoms with Gasteiger partial charge in [-0.05, 0) is 42.5 Å². The highest BCUT2D eigenvalue weighted by molar-refractivity contribution is 5.95. The Morgan fingerprint density at radius 3 is 2.55 bits per heavy atom. The lowest BCUT2D eigenvalue weighted by Gasteiger charge is -2.26. The molecule has 0 aliphatic carbocycles. The van der Waals surface area contributed by atoms with Gasteiger partial charge in [0.1, 0.15) is 0 Å². The molecule has 0 spiro atoms. The Kier molecular flexibility index (Phi) is 5.36. The normalized spacial score (nSPS) is 18.2. The van der Waals surface area contributed by atoms with E-state index in [-0.39, 0.29) is 11.8 Å². The number of likely N-dealkylation sites (tertiary alicyclic amines) is 1. The van der Waals surface area contributed by atoms with Crippen molar-refractivity contribution in [2.75, 3.05) is 13.6 Å².